The van der Waals surface area contributed by atoms with Gasteiger partial charge in [-0.1, -0.05) is 42.5 Å². The Morgan fingerprint density at radius 3 is 2.58 bits per heavy atom. The normalized spacial score (nSPS) is 22.4. The molecular weight excluding hydrogens is 346 g/mol. The summed E-state index contributed by atoms with van der Waals surface area (Å²) < 4.78 is 5.88. The van der Waals surface area contributed by atoms with Crippen molar-refractivity contribution in [2.24, 2.45) is 5.92 Å². The van der Waals surface area contributed by atoms with Crippen LogP contribution in [0.25, 0.3) is 0 Å². The predicted octanol–water partition coefficient (Wildman–Crippen LogP) is 4.97. The molecule has 1 fully saturated rings. The molecule has 1 heterocycles. The minimum absolute atomic E-state index is 0. The molecule has 1 aromatic rings. The summed E-state index contributed by atoms with van der Waals surface area (Å²) in [7, 11) is 0. The number of ether oxygens (including phenoxy) is 1. The zero-order valence-corrected chi connectivity index (χ0v) is 16.6. The fourth-order valence-corrected chi connectivity index (χ4v) is 4.04. The average Bonchev–Trinajstić information content (AvgIpc) is 3.16. The molecule has 0 bridgehead atoms. The molecule has 3 unspecified atom stereocenters. The molecule has 3 atom stereocenters. The van der Waals surface area contributed by atoms with Crippen molar-refractivity contribution in [1.82, 2.24) is 4.90 Å². The van der Waals surface area contributed by atoms with Crippen LogP contribution < -0.4 is 0 Å². The second-order valence-electron chi connectivity index (χ2n) is 7.50. The van der Waals surface area contributed by atoms with Crippen LogP contribution in [-0.4, -0.2) is 36.6 Å². The van der Waals surface area contributed by atoms with Crippen LogP contribution in [-0.2, 0) is 9.53 Å². The summed E-state index contributed by atoms with van der Waals surface area (Å²) in [4.78, 5) is 15.5. The standard InChI is InChI=1S/C22H31NO2.ClH/c1-18(14-17-23-15-8-9-16-23)25-22(24)21(19-10-4-2-5-11-19)20-12-6-3-7-13-20;/h2,4-6,10-12,18,20-21H,3,7-9,13-17H2,1H3;1H. The summed E-state index contributed by atoms with van der Waals surface area (Å²) in [6.07, 6.45) is 11.3. The average molecular weight is 378 g/mol. The van der Waals surface area contributed by atoms with E-state index >= 15 is 0 Å². The van der Waals surface area contributed by atoms with Crippen molar-refractivity contribution < 1.29 is 9.53 Å². The number of hydrogen-bond donors (Lipinski definition) is 0. The Morgan fingerprint density at radius 1 is 1.19 bits per heavy atom. The molecule has 26 heavy (non-hydrogen) atoms. The van der Waals surface area contributed by atoms with Crippen molar-refractivity contribution in [3.8, 4) is 0 Å². The summed E-state index contributed by atoms with van der Waals surface area (Å²) in [6, 6.07) is 10.1. The van der Waals surface area contributed by atoms with E-state index in [0.717, 1.165) is 37.8 Å². The Balaban J connectivity index is 0.00000243. The molecule has 0 amide bonds. The Bertz CT molecular complexity index is 569. The van der Waals surface area contributed by atoms with Crippen LogP contribution in [0.3, 0.4) is 0 Å². The monoisotopic (exact) mass is 377 g/mol. The number of nitrogens with zero attached hydrogens (tertiary/aromatic N) is 1. The lowest BCUT2D eigenvalue weighted by Crippen LogP contribution is -2.29. The molecule has 0 radical (unpaired) electrons. The van der Waals surface area contributed by atoms with Gasteiger partial charge in [-0.2, -0.15) is 0 Å². The first-order chi connectivity index (χ1) is 12.2. The number of halogens is 1. The molecule has 3 nitrogen and oxygen atoms in total. The van der Waals surface area contributed by atoms with Crippen molar-refractivity contribution in [1.29, 1.82) is 0 Å². The van der Waals surface area contributed by atoms with E-state index in [-0.39, 0.29) is 36.3 Å². The molecule has 0 spiro atoms. The minimum atomic E-state index is -0.174. The molecule has 144 valence electrons. The first kappa shape index (κ1) is 21.0. The van der Waals surface area contributed by atoms with Gasteiger partial charge in [0.05, 0.1) is 5.92 Å². The predicted molar refractivity (Wildman–Crippen MR) is 109 cm³/mol. The van der Waals surface area contributed by atoms with E-state index in [2.05, 4.69) is 29.2 Å². The van der Waals surface area contributed by atoms with Crippen molar-refractivity contribution in [3.63, 3.8) is 0 Å². The van der Waals surface area contributed by atoms with Crippen molar-refractivity contribution in [3.05, 3.63) is 48.0 Å². The van der Waals surface area contributed by atoms with E-state index in [1.54, 1.807) is 0 Å². The number of carbonyl (C=O) groups is 1. The maximum Gasteiger partial charge on any atom is 0.314 e. The maximum absolute atomic E-state index is 13.0. The Labute approximate surface area is 164 Å². The van der Waals surface area contributed by atoms with Crippen molar-refractivity contribution >= 4 is 18.4 Å². The summed E-state index contributed by atoms with van der Waals surface area (Å²) in [5.74, 6) is 0.0260. The Hall–Kier alpha value is -1.32. The molecule has 4 heteroatoms. The lowest BCUT2D eigenvalue weighted by Gasteiger charge is -2.27. The third kappa shape index (κ3) is 5.85. The van der Waals surface area contributed by atoms with Gasteiger partial charge in [-0.05, 0) is 70.0 Å². The van der Waals surface area contributed by atoms with Crippen molar-refractivity contribution in [2.45, 2.75) is 57.5 Å². The Kier molecular flexibility index (Phi) is 8.67. The highest BCUT2D eigenvalue weighted by Gasteiger charge is 2.31. The van der Waals surface area contributed by atoms with Gasteiger partial charge in [-0.3, -0.25) is 4.79 Å². The maximum atomic E-state index is 13.0. The molecule has 2 aliphatic rings. The van der Waals surface area contributed by atoms with Gasteiger partial charge < -0.3 is 9.64 Å². The number of allylic oxidation sites excluding steroid dienone is 2. The van der Waals surface area contributed by atoms with E-state index in [1.807, 2.05) is 25.1 Å². The molecular formula is C22H32ClNO2. The van der Waals surface area contributed by atoms with Gasteiger partial charge in [0.25, 0.3) is 0 Å². The zero-order chi connectivity index (χ0) is 17.5. The quantitative estimate of drug-likeness (QED) is 0.496. The lowest BCUT2D eigenvalue weighted by molar-refractivity contribution is -0.151. The van der Waals surface area contributed by atoms with Gasteiger partial charge in [0.1, 0.15) is 6.10 Å². The molecule has 0 aromatic heterocycles. The first-order valence-electron chi connectivity index (χ1n) is 9.88. The number of likely N-dealkylation sites (tertiary alicyclic amines) is 1. The van der Waals surface area contributed by atoms with Crippen LogP contribution in [0.5, 0.6) is 0 Å². The van der Waals surface area contributed by atoms with Gasteiger partial charge in [0, 0.05) is 6.54 Å². The molecule has 1 aromatic carbocycles. The second kappa shape index (κ2) is 10.7. The largest absolute Gasteiger partial charge is 0.462 e. The molecule has 3 rings (SSSR count). The smallest absolute Gasteiger partial charge is 0.314 e. The van der Waals surface area contributed by atoms with Crippen molar-refractivity contribution in [2.75, 3.05) is 19.6 Å². The molecule has 0 saturated carbocycles. The second-order valence-corrected chi connectivity index (χ2v) is 7.50. The van der Waals surface area contributed by atoms with Gasteiger partial charge in [-0.15, -0.1) is 12.4 Å². The topological polar surface area (TPSA) is 29.5 Å². The first-order valence-corrected chi connectivity index (χ1v) is 9.88. The molecule has 1 aliphatic heterocycles. The van der Waals surface area contributed by atoms with Crippen LogP contribution in [0.4, 0.5) is 0 Å². The highest BCUT2D eigenvalue weighted by molar-refractivity contribution is 5.85. The van der Waals surface area contributed by atoms with Gasteiger partial charge >= 0.3 is 5.97 Å². The van der Waals surface area contributed by atoms with Gasteiger partial charge in [-0.25, -0.2) is 0 Å². The number of hydrogen-bond acceptors (Lipinski definition) is 3. The summed E-state index contributed by atoms with van der Waals surface area (Å²) in [5.41, 5.74) is 1.08. The number of rotatable bonds is 7. The summed E-state index contributed by atoms with van der Waals surface area (Å²) in [6.45, 7) is 5.46. The van der Waals surface area contributed by atoms with E-state index in [4.69, 9.17) is 4.74 Å². The van der Waals surface area contributed by atoms with E-state index in [9.17, 15) is 4.79 Å². The third-order valence-corrected chi connectivity index (χ3v) is 5.50. The van der Waals surface area contributed by atoms with Crippen LogP contribution >= 0.6 is 12.4 Å². The van der Waals surface area contributed by atoms with E-state index < -0.39 is 0 Å². The minimum Gasteiger partial charge on any atom is -0.462 e. The number of esters is 1. The van der Waals surface area contributed by atoms with Gasteiger partial charge in [0.15, 0.2) is 0 Å². The summed E-state index contributed by atoms with van der Waals surface area (Å²) in [5, 5.41) is 0. The summed E-state index contributed by atoms with van der Waals surface area (Å²) >= 11 is 0. The Morgan fingerprint density at radius 2 is 1.92 bits per heavy atom. The molecule has 1 aliphatic carbocycles. The molecule has 0 N–H and O–H groups in total. The highest BCUT2D eigenvalue weighted by atomic mass is 35.5. The van der Waals surface area contributed by atoms with E-state index in [1.165, 1.54) is 25.9 Å². The van der Waals surface area contributed by atoms with Crippen LogP contribution in [0.15, 0.2) is 42.5 Å². The van der Waals surface area contributed by atoms with Gasteiger partial charge in [0.2, 0.25) is 0 Å². The van der Waals surface area contributed by atoms with Crippen LogP contribution in [0.1, 0.15) is 56.9 Å². The number of carbonyl (C=O) groups excluding carboxylic acids is 1. The zero-order valence-electron chi connectivity index (χ0n) is 15.8. The highest BCUT2D eigenvalue weighted by Crippen LogP contribution is 2.34. The molecule has 1 saturated heterocycles. The fraction of sp³-hybridized carbons (Fsp3) is 0.591. The van der Waals surface area contributed by atoms with E-state index in [0.29, 0.717) is 0 Å². The lowest BCUT2D eigenvalue weighted by atomic mass is 9.80. The van der Waals surface area contributed by atoms with Crippen LogP contribution in [0.2, 0.25) is 0 Å². The number of benzene rings is 1. The fourth-order valence-electron chi connectivity index (χ4n) is 4.04. The SMILES string of the molecule is CC(CCN1CCCC1)OC(=O)C(c1ccccc1)C1C=CCCC1.Cl. The third-order valence-electron chi connectivity index (χ3n) is 5.50. The van der Waals surface area contributed by atoms with Crippen LogP contribution in [0, 0.1) is 5.92 Å².